The molecule has 0 radical (unpaired) electrons. The molecule has 0 aliphatic rings. The van der Waals surface area contributed by atoms with Gasteiger partial charge in [0.25, 0.3) is 0 Å². The largest absolute Gasteiger partial charge is 0.488 e. The third-order valence-corrected chi connectivity index (χ3v) is 7.76. The molecule has 0 amide bonds. The summed E-state index contributed by atoms with van der Waals surface area (Å²) in [5, 5.41) is 6.58. The number of ether oxygens (including phenoxy) is 2. The quantitative estimate of drug-likeness (QED) is 0.0997. The molecule has 6 heteroatoms. The number of benzene rings is 4. The van der Waals surface area contributed by atoms with Crippen LogP contribution in [-0.2, 0) is 10.8 Å². The van der Waals surface area contributed by atoms with E-state index in [1.807, 2.05) is 26.0 Å². The maximum absolute atomic E-state index is 6.26. The zero-order chi connectivity index (χ0) is 33.5. The highest BCUT2D eigenvalue weighted by atomic mass is 16.5. The Morgan fingerprint density at radius 2 is 1.07 bits per heavy atom. The number of hydrogen-bond acceptors (Lipinski definition) is 4. The van der Waals surface area contributed by atoms with E-state index in [1.54, 1.807) is 12.7 Å². The van der Waals surface area contributed by atoms with E-state index in [1.165, 1.54) is 11.1 Å². The first-order chi connectivity index (χ1) is 21.7. The van der Waals surface area contributed by atoms with E-state index in [9.17, 15) is 0 Å². The average molecular weight is 619 g/mol. The van der Waals surface area contributed by atoms with E-state index >= 15 is 0 Å². The summed E-state index contributed by atoms with van der Waals surface area (Å²) in [4.78, 5) is 9.45. The van der Waals surface area contributed by atoms with Crippen LogP contribution in [0, 0.1) is 27.7 Å². The minimum absolute atomic E-state index is 0.116. The van der Waals surface area contributed by atoms with Gasteiger partial charge in [0.2, 0.25) is 0 Å². The number of nitrogens with zero attached hydrogens (tertiary/aromatic N) is 2. The Balaban J connectivity index is 1.39. The number of hydrogen-bond donors (Lipinski definition) is 2. The van der Waals surface area contributed by atoms with Gasteiger partial charge in [-0.1, -0.05) is 77.9 Å². The second-order valence-corrected chi connectivity index (χ2v) is 14.0. The van der Waals surface area contributed by atoms with E-state index in [4.69, 9.17) is 19.5 Å². The normalized spacial score (nSPS) is 12.1. The summed E-state index contributed by atoms with van der Waals surface area (Å²) < 4.78 is 12.5. The molecule has 0 unspecified atom stereocenters. The number of nitrogens with one attached hydrogen (secondary N) is 2. The molecule has 0 fully saturated rings. The van der Waals surface area contributed by atoms with Crippen molar-refractivity contribution in [3.05, 3.63) is 106 Å². The smallest absolute Gasteiger partial charge is 0.148 e. The van der Waals surface area contributed by atoms with Gasteiger partial charge in [0, 0.05) is 11.4 Å². The zero-order valence-electron chi connectivity index (χ0n) is 29.2. The van der Waals surface area contributed by atoms with Gasteiger partial charge >= 0.3 is 0 Å². The second-order valence-electron chi connectivity index (χ2n) is 14.0. The Kier molecular flexibility index (Phi) is 10.9. The first-order valence-electron chi connectivity index (χ1n) is 16.0. The molecule has 46 heavy (non-hydrogen) atoms. The van der Waals surface area contributed by atoms with Crippen molar-refractivity contribution in [3.63, 3.8) is 0 Å². The SMILES string of the molecule is Cc1cc(C)c(OCCOc2cc(C)cc(C)c2N=CNc2ccc(C(C)(C)C)cc2)c(N=CNc2ccc(C(C)(C)C)cc2)c1. The lowest BCUT2D eigenvalue weighted by Crippen LogP contribution is -2.11. The molecule has 0 heterocycles. The molecule has 0 atom stereocenters. The maximum Gasteiger partial charge on any atom is 0.148 e. The van der Waals surface area contributed by atoms with E-state index in [-0.39, 0.29) is 10.8 Å². The standard InChI is InChI=1S/C40H50N4O2/c1-27-22-30(4)38(35(23-27)43-25-41-33-15-11-31(12-16-33)39(5,6)7)46-20-19-45-36-24-28(2)21-29(3)37(36)44-26-42-34-17-13-32(14-18-34)40(8,9)10/h11-18,21-26H,19-20H2,1-10H3,(H,41,43)(H,42,44). The molecule has 242 valence electrons. The molecular weight excluding hydrogens is 568 g/mol. The van der Waals surface area contributed by atoms with Gasteiger partial charge in [0.15, 0.2) is 0 Å². The molecule has 0 saturated carbocycles. The lowest BCUT2D eigenvalue weighted by Gasteiger charge is -2.19. The molecule has 4 aromatic rings. The van der Waals surface area contributed by atoms with Crippen LogP contribution in [-0.4, -0.2) is 25.9 Å². The van der Waals surface area contributed by atoms with Gasteiger partial charge in [-0.3, -0.25) is 0 Å². The summed E-state index contributed by atoms with van der Waals surface area (Å²) >= 11 is 0. The minimum Gasteiger partial charge on any atom is -0.488 e. The highest BCUT2D eigenvalue weighted by molar-refractivity contribution is 5.80. The van der Waals surface area contributed by atoms with Crippen molar-refractivity contribution in [1.82, 2.24) is 0 Å². The minimum atomic E-state index is 0.116. The zero-order valence-corrected chi connectivity index (χ0v) is 29.2. The Labute approximate surface area is 276 Å². The molecule has 2 N–H and O–H groups in total. The monoisotopic (exact) mass is 618 g/mol. The summed E-state index contributed by atoms with van der Waals surface area (Å²) in [6, 6.07) is 25.2. The highest BCUT2D eigenvalue weighted by Gasteiger charge is 2.14. The molecule has 4 aromatic carbocycles. The summed E-state index contributed by atoms with van der Waals surface area (Å²) in [5.74, 6) is 1.47. The Morgan fingerprint density at radius 1 is 0.587 bits per heavy atom. The van der Waals surface area contributed by atoms with E-state index in [0.29, 0.717) is 13.2 Å². The van der Waals surface area contributed by atoms with E-state index in [2.05, 4.69) is 127 Å². The third kappa shape index (κ3) is 9.46. The summed E-state index contributed by atoms with van der Waals surface area (Å²) in [7, 11) is 0. The van der Waals surface area contributed by atoms with Crippen LogP contribution in [0.5, 0.6) is 11.5 Å². The molecule has 6 nitrogen and oxygen atoms in total. The molecule has 0 aromatic heterocycles. The van der Waals surface area contributed by atoms with Crippen molar-refractivity contribution < 1.29 is 9.47 Å². The molecule has 0 aliphatic heterocycles. The van der Waals surface area contributed by atoms with Gasteiger partial charge in [-0.05, 0) is 108 Å². The van der Waals surface area contributed by atoms with Crippen LogP contribution in [0.1, 0.15) is 74.9 Å². The van der Waals surface area contributed by atoms with Crippen molar-refractivity contribution >= 4 is 35.4 Å². The first kappa shape index (κ1) is 34.3. The van der Waals surface area contributed by atoms with Gasteiger partial charge in [0.05, 0.1) is 12.7 Å². The molecule has 0 aliphatic carbocycles. The molecule has 0 spiro atoms. The topological polar surface area (TPSA) is 67.2 Å². The number of anilines is 2. The van der Waals surface area contributed by atoms with Crippen LogP contribution in [0.4, 0.5) is 22.7 Å². The van der Waals surface area contributed by atoms with Crippen LogP contribution < -0.4 is 20.1 Å². The molecule has 4 rings (SSSR count). The van der Waals surface area contributed by atoms with Crippen LogP contribution in [0.15, 0.2) is 82.8 Å². The van der Waals surface area contributed by atoms with Gasteiger partial charge in [0.1, 0.15) is 36.1 Å². The fourth-order valence-electron chi connectivity index (χ4n) is 5.19. The lowest BCUT2D eigenvalue weighted by molar-refractivity contribution is 0.217. The Bertz CT molecular complexity index is 1670. The van der Waals surface area contributed by atoms with E-state index < -0.39 is 0 Å². The van der Waals surface area contributed by atoms with E-state index in [0.717, 1.165) is 56.5 Å². The van der Waals surface area contributed by atoms with Crippen LogP contribution in [0.25, 0.3) is 0 Å². The number of aliphatic imine (C=N–C) groups is 2. The predicted octanol–water partition coefficient (Wildman–Crippen LogP) is 10.5. The lowest BCUT2D eigenvalue weighted by atomic mass is 9.87. The predicted molar refractivity (Wildman–Crippen MR) is 197 cm³/mol. The van der Waals surface area contributed by atoms with Gasteiger partial charge in [-0.25, -0.2) is 9.98 Å². The number of rotatable bonds is 11. The molecular formula is C40H50N4O2. The third-order valence-electron chi connectivity index (χ3n) is 7.76. The van der Waals surface area contributed by atoms with Crippen molar-refractivity contribution in [2.24, 2.45) is 9.98 Å². The van der Waals surface area contributed by atoms with Gasteiger partial charge < -0.3 is 20.1 Å². The average Bonchev–Trinajstić information content (AvgIpc) is 2.97. The van der Waals surface area contributed by atoms with Crippen LogP contribution >= 0.6 is 0 Å². The summed E-state index contributed by atoms with van der Waals surface area (Å²) in [5.41, 5.74) is 10.7. The van der Waals surface area contributed by atoms with Crippen molar-refractivity contribution in [2.45, 2.75) is 80.1 Å². The second kappa shape index (κ2) is 14.7. The van der Waals surface area contributed by atoms with Crippen LogP contribution in [0.2, 0.25) is 0 Å². The van der Waals surface area contributed by atoms with Crippen LogP contribution in [0.3, 0.4) is 0 Å². The highest BCUT2D eigenvalue weighted by Crippen LogP contribution is 2.34. The molecule has 0 saturated heterocycles. The fourth-order valence-corrected chi connectivity index (χ4v) is 5.19. The fraction of sp³-hybridized carbons (Fsp3) is 0.350. The summed E-state index contributed by atoms with van der Waals surface area (Å²) in [6.07, 6.45) is 3.44. The van der Waals surface area contributed by atoms with Crippen molar-refractivity contribution in [1.29, 1.82) is 0 Å². The maximum atomic E-state index is 6.26. The summed E-state index contributed by atoms with van der Waals surface area (Å²) in [6.45, 7) is 22.2. The van der Waals surface area contributed by atoms with Crippen molar-refractivity contribution in [3.8, 4) is 11.5 Å². The molecule has 0 bridgehead atoms. The van der Waals surface area contributed by atoms with Gasteiger partial charge in [-0.2, -0.15) is 0 Å². The first-order valence-corrected chi connectivity index (χ1v) is 16.0. The van der Waals surface area contributed by atoms with Gasteiger partial charge in [-0.15, -0.1) is 0 Å². The van der Waals surface area contributed by atoms with Crippen molar-refractivity contribution in [2.75, 3.05) is 23.8 Å². The Hall–Kier alpha value is -4.58. The number of aryl methyl sites for hydroxylation is 4. The Morgan fingerprint density at radius 3 is 1.61 bits per heavy atom.